The quantitative estimate of drug-likeness (QED) is 0.215. The molecule has 3 aliphatic rings. The first-order chi connectivity index (χ1) is 18.2. The summed E-state index contributed by atoms with van der Waals surface area (Å²) in [7, 11) is 0. The van der Waals surface area contributed by atoms with Crippen molar-refractivity contribution in [1.82, 2.24) is 4.90 Å². The highest BCUT2D eigenvalue weighted by Crippen LogP contribution is 2.71. The van der Waals surface area contributed by atoms with Crippen LogP contribution in [-0.2, 0) is 19.1 Å². The van der Waals surface area contributed by atoms with Crippen LogP contribution in [0.3, 0.4) is 0 Å². The zero-order valence-corrected chi connectivity index (χ0v) is 23.5. The molecule has 7 nitrogen and oxygen atoms in total. The Balaban J connectivity index is 1.68. The molecule has 0 radical (unpaired) electrons. The third kappa shape index (κ3) is 5.03. The van der Waals surface area contributed by atoms with Crippen LogP contribution in [0.5, 0.6) is 0 Å². The summed E-state index contributed by atoms with van der Waals surface area (Å²) in [6.45, 7) is 10.3. The number of benzene rings is 1. The third-order valence-corrected chi connectivity index (χ3v) is 10.3. The van der Waals surface area contributed by atoms with Gasteiger partial charge in [-0.2, -0.15) is 0 Å². The average molecular weight is 561 g/mol. The maximum atomic E-state index is 14.4. The van der Waals surface area contributed by atoms with Gasteiger partial charge in [0.25, 0.3) is 5.91 Å². The molecule has 38 heavy (non-hydrogen) atoms. The molecule has 1 aromatic carbocycles. The second kappa shape index (κ2) is 11.8. The molecule has 9 heteroatoms. The number of fused-ring (bicyclic) bond motifs is 1. The summed E-state index contributed by atoms with van der Waals surface area (Å²) in [5.41, 5.74) is 0.660. The van der Waals surface area contributed by atoms with Crippen LogP contribution < -0.4 is 4.90 Å². The summed E-state index contributed by atoms with van der Waals surface area (Å²) >= 11 is 7.71. The van der Waals surface area contributed by atoms with Gasteiger partial charge >= 0.3 is 5.97 Å². The molecule has 2 amide bonds. The number of nitrogens with zero attached hydrogens (tertiary/aromatic N) is 2. The van der Waals surface area contributed by atoms with Gasteiger partial charge < -0.3 is 19.6 Å². The maximum Gasteiger partial charge on any atom is 0.311 e. The zero-order valence-electron chi connectivity index (χ0n) is 21.9. The van der Waals surface area contributed by atoms with Crippen molar-refractivity contribution in [2.75, 3.05) is 31.2 Å². The van der Waals surface area contributed by atoms with Gasteiger partial charge in [-0.15, -0.1) is 24.9 Å². The van der Waals surface area contributed by atoms with Crippen LogP contribution in [0.4, 0.5) is 5.69 Å². The van der Waals surface area contributed by atoms with E-state index in [9.17, 15) is 19.5 Å². The Labute approximate surface area is 234 Å². The highest BCUT2D eigenvalue weighted by atomic mass is 35.5. The van der Waals surface area contributed by atoms with Crippen molar-refractivity contribution >= 4 is 46.8 Å². The molecule has 1 aromatic rings. The summed E-state index contributed by atoms with van der Waals surface area (Å²) in [4.78, 5) is 45.1. The summed E-state index contributed by atoms with van der Waals surface area (Å²) in [5.74, 6) is -2.03. The SMILES string of the molecule is C=CCCCCOC(=O)[C@@H]1[C@H]2C(=O)N(CCCO)C(C(=O)N(CC=C)c3ccc(Cl)cc3)C23CC[C@@]1(C)S3. The first-order valence-corrected chi connectivity index (χ1v) is 14.5. The lowest BCUT2D eigenvalue weighted by Gasteiger charge is -2.37. The minimum Gasteiger partial charge on any atom is -0.465 e. The molecular formula is C29H37ClN2O5S. The van der Waals surface area contributed by atoms with Gasteiger partial charge in [-0.3, -0.25) is 14.4 Å². The lowest BCUT2D eigenvalue weighted by atomic mass is 9.66. The maximum absolute atomic E-state index is 14.4. The topological polar surface area (TPSA) is 87.1 Å². The van der Waals surface area contributed by atoms with E-state index in [0.717, 1.165) is 25.7 Å². The van der Waals surface area contributed by atoms with E-state index in [1.54, 1.807) is 51.9 Å². The van der Waals surface area contributed by atoms with Crippen LogP contribution in [0.15, 0.2) is 49.6 Å². The zero-order chi connectivity index (χ0) is 27.5. The smallest absolute Gasteiger partial charge is 0.311 e. The molecule has 206 valence electrons. The van der Waals surface area contributed by atoms with E-state index in [4.69, 9.17) is 16.3 Å². The Morgan fingerprint density at radius 2 is 1.95 bits per heavy atom. The van der Waals surface area contributed by atoms with Crippen LogP contribution in [-0.4, -0.2) is 69.6 Å². The van der Waals surface area contributed by atoms with Crippen LogP contribution in [0, 0.1) is 11.8 Å². The molecule has 1 N–H and O–H groups in total. The normalized spacial score (nSPS) is 29.3. The van der Waals surface area contributed by atoms with Gasteiger partial charge in [0.2, 0.25) is 5.91 Å². The number of likely N-dealkylation sites (tertiary alicyclic amines) is 1. The molecule has 2 unspecified atom stereocenters. The summed E-state index contributed by atoms with van der Waals surface area (Å²) in [6, 6.07) is 6.24. The second-order valence-corrected chi connectivity index (χ2v) is 12.8. The monoisotopic (exact) mass is 560 g/mol. The minimum atomic E-state index is -0.764. The fourth-order valence-corrected chi connectivity index (χ4v) is 8.88. The minimum absolute atomic E-state index is 0.100. The lowest BCUT2D eigenvalue weighted by molar-refractivity contribution is -0.155. The Morgan fingerprint density at radius 3 is 2.61 bits per heavy atom. The molecular weight excluding hydrogens is 524 g/mol. The largest absolute Gasteiger partial charge is 0.465 e. The number of amides is 2. The van der Waals surface area contributed by atoms with E-state index in [1.807, 2.05) is 13.0 Å². The van der Waals surface area contributed by atoms with Crippen molar-refractivity contribution in [3.63, 3.8) is 0 Å². The summed E-state index contributed by atoms with van der Waals surface area (Å²) in [6.07, 6.45) is 7.70. The molecule has 1 spiro atoms. The molecule has 0 aliphatic carbocycles. The molecule has 4 rings (SSSR count). The van der Waals surface area contributed by atoms with Gasteiger partial charge in [0.1, 0.15) is 6.04 Å². The van der Waals surface area contributed by atoms with Gasteiger partial charge in [-0.25, -0.2) is 0 Å². The Hall–Kier alpha value is -2.29. The van der Waals surface area contributed by atoms with Crippen LogP contribution in [0.1, 0.15) is 45.4 Å². The van der Waals surface area contributed by atoms with Gasteiger partial charge in [0.15, 0.2) is 0 Å². The average Bonchev–Trinajstić information content (AvgIpc) is 3.46. The number of unbranched alkanes of at least 4 members (excludes halogenated alkanes) is 2. The fourth-order valence-electron chi connectivity index (χ4n) is 6.42. The number of carbonyl (C=O) groups is 3. The number of halogens is 1. The first kappa shape index (κ1) is 28.7. The standard InChI is InChI=1S/C29H37ClN2O5S/c1-4-6-7-8-19-37-27(36)23-22-25(34)32(17-9-18-33)24(29(22)15-14-28(23,3)38-29)26(35)31(16-5-2)21-12-10-20(30)11-13-21/h4-5,10-13,22-24,33H,1-2,6-9,14-19H2,3H3/t22-,23-,24?,28+,29?/m0/s1. The molecule has 5 atom stereocenters. The molecule has 3 saturated heterocycles. The van der Waals surface area contributed by atoms with E-state index in [0.29, 0.717) is 30.2 Å². The number of anilines is 1. The van der Waals surface area contributed by atoms with E-state index < -0.39 is 27.4 Å². The molecule has 0 saturated carbocycles. The number of aliphatic hydroxyl groups is 1. The predicted molar refractivity (Wildman–Crippen MR) is 151 cm³/mol. The van der Waals surface area contributed by atoms with E-state index in [-0.39, 0.29) is 37.5 Å². The number of hydrogen-bond acceptors (Lipinski definition) is 6. The first-order valence-electron chi connectivity index (χ1n) is 13.3. The molecule has 2 bridgehead atoms. The summed E-state index contributed by atoms with van der Waals surface area (Å²) in [5, 5.41) is 10.1. The Morgan fingerprint density at radius 1 is 1.21 bits per heavy atom. The number of aliphatic hydroxyl groups excluding tert-OH is 1. The number of allylic oxidation sites excluding steroid dienone is 1. The van der Waals surface area contributed by atoms with Crippen molar-refractivity contribution < 1.29 is 24.2 Å². The van der Waals surface area contributed by atoms with Crippen molar-refractivity contribution in [3.05, 3.63) is 54.6 Å². The second-order valence-electron chi connectivity index (χ2n) is 10.5. The fraction of sp³-hybridized carbons (Fsp3) is 0.552. The highest BCUT2D eigenvalue weighted by molar-refractivity contribution is 8.02. The molecule has 0 aromatic heterocycles. The van der Waals surface area contributed by atoms with Crippen molar-refractivity contribution in [1.29, 1.82) is 0 Å². The predicted octanol–water partition coefficient (Wildman–Crippen LogP) is 4.62. The van der Waals surface area contributed by atoms with E-state index in [2.05, 4.69) is 13.2 Å². The summed E-state index contributed by atoms with van der Waals surface area (Å²) < 4.78 is 4.48. The van der Waals surface area contributed by atoms with Gasteiger partial charge in [-0.05, 0) is 69.7 Å². The number of thioether (sulfide) groups is 1. The molecule has 3 aliphatic heterocycles. The lowest BCUT2D eigenvalue weighted by Crippen LogP contribution is -2.55. The van der Waals surface area contributed by atoms with Crippen molar-refractivity contribution in [3.8, 4) is 0 Å². The van der Waals surface area contributed by atoms with Crippen molar-refractivity contribution in [2.24, 2.45) is 11.8 Å². The van der Waals surface area contributed by atoms with Gasteiger partial charge in [0.05, 0.1) is 23.2 Å². The van der Waals surface area contributed by atoms with Crippen LogP contribution >= 0.6 is 23.4 Å². The van der Waals surface area contributed by atoms with Gasteiger partial charge in [0, 0.05) is 35.2 Å². The number of esters is 1. The van der Waals surface area contributed by atoms with Crippen LogP contribution in [0.25, 0.3) is 0 Å². The van der Waals surface area contributed by atoms with Crippen LogP contribution in [0.2, 0.25) is 5.02 Å². The van der Waals surface area contributed by atoms with E-state index in [1.165, 1.54) is 0 Å². The number of carbonyl (C=O) groups excluding carboxylic acids is 3. The Kier molecular flexibility index (Phi) is 8.95. The molecule has 3 heterocycles. The Bertz CT molecular complexity index is 1080. The number of ether oxygens (including phenoxy) is 1. The van der Waals surface area contributed by atoms with Crippen molar-refractivity contribution in [2.45, 2.75) is 61.0 Å². The number of hydrogen-bond donors (Lipinski definition) is 1. The van der Waals surface area contributed by atoms with Gasteiger partial charge in [-0.1, -0.05) is 23.8 Å². The highest BCUT2D eigenvalue weighted by Gasteiger charge is 2.77. The molecule has 3 fully saturated rings. The third-order valence-electron chi connectivity index (χ3n) is 8.08. The number of rotatable bonds is 13. The van der Waals surface area contributed by atoms with E-state index >= 15 is 0 Å².